The van der Waals surface area contributed by atoms with E-state index in [0.29, 0.717) is 19.2 Å². The van der Waals surface area contributed by atoms with Gasteiger partial charge in [-0.25, -0.2) is 4.39 Å². The van der Waals surface area contributed by atoms with Crippen molar-refractivity contribution in [2.75, 3.05) is 40.0 Å². The summed E-state index contributed by atoms with van der Waals surface area (Å²) in [5, 5.41) is 10.9. The summed E-state index contributed by atoms with van der Waals surface area (Å²) in [5.74, 6) is -1.48. The number of nitro benzene ring substituents is 1. The van der Waals surface area contributed by atoms with Crippen LogP contribution in [-0.2, 0) is 0 Å². The number of carbonyl (C=O) groups excluding carboxylic acids is 1. The molecule has 0 heterocycles. The first-order chi connectivity index (χ1) is 9.23. The van der Waals surface area contributed by atoms with Gasteiger partial charge in [-0.2, -0.15) is 0 Å². The molecule has 1 rings (SSSR count). The fourth-order valence-corrected chi connectivity index (χ4v) is 1.56. The summed E-state index contributed by atoms with van der Waals surface area (Å²) in [6.45, 7) is 0.993. The highest BCUT2D eigenvalue weighted by Crippen LogP contribution is 2.25. The van der Waals surface area contributed by atoms with Crippen LogP contribution in [0, 0.1) is 15.9 Å². The molecule has 20 heavy (non-hydrogen) atoms. The molecule has 1 aromatic rings. The number of hydrogen-bond donors (Lipinski definition) is 1. The zero-order valence-corrected chi connectivity index (χ0v) is 11.6. The first kappa shape index (κ1) is 15.8. The molecule has 0 bridgehead atoms. The van der Waals surface area contributed by atoms with E-state index in [4.69, 9.17) is 5.73 Å². The average molecular weight is 284 g/mol. The van der Waals surface area contributed by atoms with Gasteiger partial charge in [-0.15, -0.1) is 0 Å². The highest BCUT2D eigenvalue weighted by Gasteiger charge is 2.25. The highest BCUT2D eigenvalue weighted by molar-refractivity contribution is 5.99. The minimum Gasteiger partial charge on any atom is -0.396 e. The molecule has 0 aliphatic heterocycles. The summed E-state index contributed by atoms with van der Waals surface area (Å²) in [6.07, 6.45) is 0. The number of amides is 1. The normalized spacial score (nSPS) is 10.7. The molecule has 0 spiro atoms. The van der Waals surface area contributed by atoms with Crippen molar-refractivity contribution < 1.29 is 14.1 Å². The fourth-order valence-electron chi connectivity index (χ4n) is 1.56. The summed E-state index contributed by atoms with van der Waals surface area (Å²) >= 11 is 0. The first-order valence-corrected chi connectivity index (χ1v) is 5.87. The predicted octanol–water partition coefficient (Wildman–Crippen LogP) is 0.950. The maximum Gasteiger partial charge on any atom is 0.285 e. The van der Waals surface area contributed by atoms with Gasteiger partial charge in [-0.05, 0) is 20.2 Å². The number of nitrogens with two attached hydrogens (primary N) is 1. The third-order valence-electron chi connectivity index (χ3n) is 2.77. The SMILES string of the molecule is CN(C)CCN(C)C(=O)c1cc(N)c(F)cc1[N+](=O)[O-]. The molecule has 1 amide bonds. The lowest BCUT2D eigenvalue weighted by Crippen LogP contribution is -2.33. The molecular formula is C12H17FN4O3. The second-order valence-electron chi connectivity index (χ2n) is 4.68. The van der Waals surface area contributed by atoms with Gasteiger partial charge in [0.05, 0.1) is 16.7 Å². The Bertz CT molecular complexity index is 534. The van der Waals surface area contributed by atoms with Gasteiger partial charge < -0.3 is 15.5 Å². The predicted molar refractivity (Wildman–Crippen MR) is 73.0 cm³/mol. The smallest absolute Gasteiger partial charge is 0.285 e. The Kier molecular flexibility index (Phi) is 4.98. The van der Waals surface area contributed by atoms with Crippen molar-refractivity contribution in [3.63, 3.8) is 0 Å². The molecule has 110 valence electrons. The average Bonchev–Trinajstić information content (AvgIpc) is 2.37. The Labute approximate surface area is 115 Å². The summed E-state index contributed by atoms with van der Waals surface area (Å²) in [5.41, 5.74) is 4.28. The largest absolute Gasteiger partial charge is 0.396 e. The van der Waals surface area contributed by atoms with E-state index < -0.39 is 22.3 Å². The number of benzene rings is 1. The summed E-state index contributed by atoms with van der Waals surface area (Å²) in [6, 6.07) is 1.67. The van der Waals surface area contributed by atoms with Crippen LogP contribution >= 0.6 is 0 Å². The molecule has 0 aliphatic carbocycles. The monoisotopic (exact) mass is 284 g/mol. The van der Waals surface area contributed by atoms with Crippen LogP contribution in [0.15, 0.2) is 12.1 Å². The van der Waals surface area contributed by atoms with Crippen molar-refractivity contribution in [1.29, 1.82) is 0 Å². The lowest BCUT2D eigenvalue weighted by Gasteiger charge is -2.19. The molecule has 0 saturated heterocycles. The zero-order chi connectivity index (χ0) is 15.4. The van der Waals surface area contributed by atoms with Crippen molar-refractivity contribution in [2.24, 2.45) is 0 Å². The molecule has 0 fully saturated rings. The van der Waals surface area contributed by atoms with Gasteiger partial charge >= 0.3 is 0 Å². The Morgan fingerprint density at radius 3 is 2.45 bits per heavy atom. The maximum absolute atomic E-state index is 13.3. The van der Waals surface area contributed by atoms with Crippen LogP contribution in [-0.4, -0.2) is 54.9 Å². The Morgan fingerprint density at radius 2 is 1.95 bits per heavy atom. The zero-order valence-electron chi connectivity index (χ0n) is 11.6. The lowest BCUT2D eigenvalue weighted by molar-refractivity contribution is -0.385. The van der Waals surface area contributed by atoms with Crippen molar-refractivity contribution >= 4 is 17.3 Å². The third kappa shape index (κ3) is 3.64. The molecule has 0 unspecified atom stereocenters. The molecule has 2 N–H and O–H groups in total. The van der Waals surface area contributed by atoms with E-state index in [1.807, 2.05) is 19.0 Å². The van der Waals surface area contributed by atoms with Crippen LogP contribution in [0.5, 0.6) is 0 Å². The van der Waals surface area contributed by atoms with Gasteiger partial charge in [-0.3, -0.25) is 14.9 Å². The van der Waals surface area contributed by atoms with Gasteiger partial charge in [-0.1, -0.05) is 0 Å². The molecule has 1 aromatic carbocycles. The number of rotatable bonds is 5. The Balaban J connectivity index is 3.08. The van der Waals surface area contributed by atoms with E-state index in [-0.39, 0.29) is 11.3 Å². The van der Waals surface area contributed by atoms with E-state index in [9.17, 15) is 19.3 Å². The van der Waals surface area contributed by atoms with Gasteiger partial charge in [0, 0.05) is 20.1 Å². The van der Waals surface area contributed by atoms with Crippen LogP contribution in [0.4, 0.5) is 15.8 Å². The van der Waals surface area contributed by atoms with E-state index in [0.717, 1.165) is 6.07 Å². The maximum atomic E-state index is 13.3. The van der Waals surface area contributed by atoms with Crippen molar-refractivity contribution in [2.45, 2.75) is 0 Å². The van der Waals surface area contributed by atoms with Crippen molar-refractivity contribution in [3.05, 3.63) is 33.6 Å². The van der Waals surface area contributed by atoms with Gasteiger partial charge in [0.15, 0.2) is 5.82 Å². The number of nitrogen functional groups attached to an aromatic ring is 1. The van der Waals surface area contributed by atoms with Crippen molar-refractivity contribution in [3.8, 4) is 0 Å². The van der Waals surface area contributed by atoms with Crippen LogP contribution in [0.2, 0.25) is 0 Å². The molecule has 0 radical (unpaired) electrons. The molecular weight excluding hydrogens is 267 g/mol. The number of carbonyl (C=O) groups is 1. The van der Waals surface area contributed by atoms with Crippen molar-refractivity contribution in [1.82, 2.24) is 9.80 Å². The van der Waals surface area contributed by atoms with Crippen LogP contribution in [0.3, 0.4) is 0 Å². The van der Waals surface area contributed by atoms with Crippen LogP contribution in [0.1, 0.15) is 10.4 Å². The number of anilines is 1. The van der Waals surface area contributed by atoms with Gasteiger partial charge in [0.25, 0.3) is 11.6 Å². The summed E-state index contributed by atoms with van der Waals surface area (Å²) < 4.78 is 13.3. The molecule has 0 aliphatic rings. The van der Waals surface area contributed by atoms with E-state index in [1.54, 1.807) is 0 Å². The first-order valence-electron chi connectivity index (χ1n) is 5.87. The fraction of sp³-hybridized carbons (Fsp3) is 0.417. The van der Waals surface area contributed by atoms with Crippen LogP contribution in [0.25, 0.3) is 0 Å². The summed E-state index contributed by atoms with van der Waals surface area (Å²) in [4.78, 5) is 25.5. The molecule has 0 saturated carbocycles. The lowest BCUT2D eigenvalue weighted by atomic mass is 10.1. The second kappa shape index (κ2) is 6.29. The highest BCUT2D eigenvalue weighted by atomic mass is 19.1. The third-order valence-corrected chi connectivity index (χ3v) is 2.77. The van der Waals surface area contributed by atoms with E-state index >= 15 is 0 Å². The number of hydrogen-bond acceptors (Lipinski definition) is 5. The van der Waals surface area contributed by atoms with Gasteiger partial charge in [0.2, 0.25) is 0 Å². The van der Waals surface area contributed by atoms with Gasteiger partial charge in [0.1, 0.15) is 5.56 Å². The Morgan fingerprint density at radius 1 is 1.35 bits per heavy atom. The van der Waals surface area contributed by atoms with E-state index in [2.05, 4.69) is 0 Å². The number of likely N-dealkylation sites (N-methyl/N-ethyl adjacent to an activating group) is 2. The Hall–Kier alpha value is -2.22. The second-order valence-corrected chi connectivity index (χ2v) is 4.68. The number of halogens is 1. The number of nitro groups is 1. The summed E-state index contributed by atoms with van der Waals surface area (Å²) in [7, 11) is 5.21. The van der Waals surface area contributed by atoms with Crippen LogP contribution < -0.4 is 5.73 Å². The minimum atomic E-state index is -0.913. The molecule has 0 atom stereocenters. The molecule has 8 heteroatoms. The minimum absolute atomic E-state index is 0.213. The topological polar surface area (TPSA) is 92.7 Å². The number of nitrogens with zero attached hydrogens (tertiary/aromatic N) is 3. The van der Waals surface area contributed by atoms with E-state index in [1.165, 1.54) is 11.9 Å². The molecule has 7 nitrogen and oxygen atoms in total. The molecule has 0 aromatic heterocycles. The standard InChI is InChI=1S/C12H17FN4O3/c1-15(2)4-5-16(3)12(18)8-6-10(14)9(13)7-11(8)17(19)20/h6-7H,4-5,14H2,1-3H3. The quantitative estimate of drug-likeness (QED) is 0.493.